The van der Waals surface area contributed by atoms with Gasteiger partial charge in [-0.15, -0.1) is 0 Å². The molecule has 6 rings (SSSR count). The Morgan fingerprint density at radius 1 is 0.800 bits per heavy atom. The number of rotatable bonds is 5. The first-order valence-electron chi connectivity index (χ1n) is 14.5. The topological polar surface area (TPSA) is 28.2 Å². The summed E-state index contributed by atoms with van der Waals surface area (Å²) in [4.78, 5) is 7.90. The van der Waals surface area contributed by atoms with Crippen LogP contribution in [0.25, 0.3) is 5.57 Å². The van der Waals surface area contributed by atoms with E-state index in [0.29, 0.717) is 5.41 Å². The summed E-state index contributed by atoms with van der Waals surface area (Å²) >= 11 is 0. The number of piperazine rings is 1. The van der Waals surface area contributed by atoms with E-state index < -0.39 is 0 Å². The highest BCUT2D eigenvalue weighted by Gasteiger charge is 2.35. The lowest BCUT2D eigenvalue weighted by Crippen LogP contribution is -2.48. The van der Waals surface area contributed by atoms with E-state index in [1.807, 2.05) is 0 Å². The molecular formula is C30H45N3O2. The van der Waals surface area contributed by atoms with Crippen molar-refractivity contribution in [1.82, 2.24) is 4.90 Å². The number of ether oxygens (including phenoxy) is 2. The molecule has 0 N–H and O–H groups in total. The molecule has 3 aliphatic heterocycles. The average molecular weight is 480 g/mol. The third-order valence-electron chi connectivity index (χ3n) is 9.64. The number of hydrogen-bond donors (Lipinski definition) is 0. The summed E-state index contributed by atoms with van der Waals surface area (Å²) in [5.74, 6) is 0.828. The second-order valence-electron chi connectivity index (χ2n) is 11.8. The molecule has 0 radical (unpaired) electrons. The molecule has 1 aromatic rings. The van der Waals surface area contributed by atoms with Gasteiger partial charge < -0.3 is 19.3 Å². The van der Waals surface area contributed by atoms with Crippen LogP contribution in [0.2, 0.25) is 0 Å². The Balaban J connectivity index is 1.19. The second kappa shape index (κ2) is 10.8. The molecule has 0 bridgehead atoms. The predicted octanol–water partition coefficient (Wildman–Crippen LogP) is 5.20. The SMILES string of the molecule is C1=C(c2cc(N3CCOCC3)ccc2N2CCN(CC3CCOCC3)CC2)CCC2(C1)CCCC2. The molecule has 0 aromatic heterocycles. The van der Waals surface area contributed by atoms with Crippen molar-refractivity contribution in [2.45, 2.75) is 57.8 Å². The lowest BCUT2D eigenvalue weighted by atomic mass is 9.72. The smallest absolute Gasteiger partial charge is 0.0642 e. The van der Waals surface area contributed by atoms with Crippen LogP contribution in [0.5, 0.6) is 0 Å². The minimum atomic E-state index is 0.626. The zero-order valence-electron chi connectivity index (χ0n) is 21.7. The van der Waals surface area contributed by atoms with Gasteiger partial charge in [0.25, 0.3) is 0 Å². The van der Waals surface area contributed by atoms with Crippen molar-refractivity contribution in [2.75, 3.05) is 82.0 Å². The monoisotopic (exact) mass is 479 g/mol. The molecule has 4 fully saturated rings. The van der Waals surface area contributed by atoms with E-state index in [1.165, 1.54) is 94.4 Å². The van der Waals surface area contributed by atoms with E-state index in [2.05, 4.69) is 39.0 Å². The van der Waals surface area contributed by atoms with Gasteiger partial charge in [0.15, 0.2) is 0 Å². The van der Waals surface area contributed by atoms with E-state index in [1.54, 1.807) is 5.57 Å². The Morgan fingerprint density at radius 3 is 2.26 bits per heavy atom. The number of allylic oxidation sites excluding steroid dienone is 2. The van der Waals surface area contributed by atoms with Gasteiger partial charge >= 0.3 is 0 Å². The van der Waals surface area contributed by atoms with Crippen molar-refractivity contribution in [3.63, 3.8) is 0 Å². The van der Waals surface area contributed by atoms with Crippen LogP contribution < -0.4 is 9.80 Å². The first-order valence-corrected chi connectivity index (χ1v) is 14.5. The van der Waals surface area contributed by atoms with Crippen LogP contribution in [0.3, 0.4) is 0 Å². The fourth-order valence-electron chi connectivity index (χ4n) is 7.31. The van der Waals surface area contributed by atoms with Crippen molar-refractivity contribution >= 4 is 16.9 Å². The highest BCUT2D eigenvalue weighted by Crippen LogP contribution is 2.50. The van der Waals surface area contributed by atoms with Crippen LogP contribution in [0.4, 0.5) is 11.4 Å². The summed E-state index contributed by atoms with van der Waals surface area (Å²) in [6, 6.07) is 7.34. The number of nitrogens with zero attached hydrogens (tertiary/aromatic N) is 3. The van der Waals surface area contributed by atoms with E-state index in [0.717, 1.165) is 58.5 Å². The molecule has 0 atom stereocenters. The first-order chi connectivity index (χ1) is 17.3. The summed E-state index contributed by atoms with van der Waals surface area (Å²) in [6.45, 7) is 11.5. The molecule has 5 nitrogen and oxygen atoms in total. The number of anilines is 2. The molecule has 3 saturated heterocycles. The van der Waals surface area contributed by atoms with Crippen molar-refractivity contribution in [3.8, 4) is 0 Å². The van der Waals surface area contributed by atoms with Crippen molar-refractivity contribution < 1.29 is 9.47 Å². The van der Waals surface area contributed by atoms with Gasteiger partial charge in [-0.05, 0) is 80.1 Å². The molecule has 1 saturated carbocycles. The van der Waals surface area contributed by atoms with Crippen LogP contribution in [0.15, 0.2) is 24.3 Å². The summed E-state index contributed by atoms with van der Waals surface area (Å²) in [7, 11) is 0. The molecule has 2 aliphatic carbocycles. The number of hydrogen-bond acceptors (Lipinski definition) is 5. The van der Waals surface area contributed by atoms with Gasteiger partial charge in [0.2, 0.25) is 0 Å². The van der Waals surface area contributed by atoms with Gasteiger partial charge in [-0.25, -0.2) is 0 Å². The van der Waals surface area contributed by atoms with Crippen LogP contribution in [0.1, 0.15) is 63.4 Å². The van der Waals surface area contributed by atoms with E-state index >= 15 is 0 Å². The van der Waals surface area contributed by atoms with Crippen molar-refractivity contribution in [3.05, 3.63) is 29.8 Å². The van der Waals surface area contributed by atoms with Crippen LogP contribution >= 0.6 is 0 Å². The zero-order chi connectivity index (χ0) is 23.5. The normalized spacial score (nSPS) is 26.3. The third kappa shape index (κ3) is 5.42. The first kappa shape index (κ1) is 23.8. The summed E-state index contributed by atoms with van der Waals surface area (Å²) < 4.78 is 11.2. The largest absolute Gasteiger partial charge is 0.381 e. The van der Waals surface area contributed by atoms with Gasteiger partial charge in [-0.2, -0.15) is 0 Å². The van der Waals surface area contributed by atoms with Gasteiger partial charge in [0, 0.05) is 76.0 Å². The standard InChI is InChI=1S/C30H45N3O2/c1-2-10-30(9-1)11-5-26(6-12-30)28-23-27(32-17-21-35-22-18-32)3-4-29(28)33-15-13-31(14-16-33)24-25-7-19-34-20-8-25/h3-5,23,25H,1-2,6-22,24H2. The van der Waals surface area contributed by atoms with Gasteiger partial charge in [-0.1, -0.05) is 18.9 Å². The molecule has 1 aromatic carbocycles. The maximum absolute atomic E-state index is 5.63. The third-order valence-corrected chi connectivity index (χ3v) is 9.64. The Labute approximate surface area is 212 Å². The lowest BCUT2D eigenvalue weighted by Gasteiger charge is -2.40. The highest BCUT2D eigenvalue weighted by atomic mass is 16.5. The molecule has 1 spiro atoms. The minimum absolute atomic E-state index is 0.626. The van der Waals surface area contributed by atoms with Crippen LogP contribution in [0, 0.1) is 11.3 Å². The van der Waals surface area contributed by atoms with Gasteiger partial charge in [0.1, 0.15) is 0 Å². The van der Waals surface area contributed by atoms with E-state index in [-0.39, 0.29) is 0 Å². The zero-order valence-corrected chi connectivity index (χ0v) is 21.7. The van der Waals surface area contributed by atoms with Crippen LogP contribution in [-0.4, -0.2) is 77.1 Å². The molecule has 35 heavy (non-hydrogen) atoms. The molecule has 0 amide bonds. The summed E-state index contributed by atoms with van der Waals surface area (Å²) in [5.41, 5.74) is 6.60. The molecule has 5 aliphatic rings. The summed E-state index contributed by atoms with van der Waals surface area (Å²) in [5, 5.41) is 0. The van der Waals surface area contributed by atoms with E-state index in [9.17, 15) is 0 Å². The minimum Gasteiger partial charge on any atom is -0.381 e. The predicted molar refractivity (Wildman–Crippen MR) is 144 cm³/mol. The molecule has 192 valence electrons. The van der Waals surface area contributed by atoms with Crippen molar-refractivity contribution in [2.24, 2.45) is 11.3 Å². The Kier molecular flexibility index (Phi) is 7.36. The van der Waals surface area contributed by atoms with Gasteiger partial charge in [0.05, 0.1) is 13.2 Å². The van der Waals surface area contributed by atoms with Gasteiger partial charge in [-0.3, -0.25) is 4.90 Å². The molecule has 5 heteroatoms. The Hall–Kier alpha value is -1.56. The average Bonchev–Trinajstić information content (AvgIpc) is 3.38. The molecular weight excluding hydrogens is 434 g/mol. The van der Waals surface area contributed by atoms with Crippen molar-refractivity contribution in [1.29, 1.82) is 0 Å². The molecule has 3 heterocycles. The second-order valence-corrected chi connectivity index (χ2v) is 11.8. The number of benzene rings is 1. The molecule has 0 unspecified atom stereocenters. The maximum atomic E-state index is 5.63. The fraction of sp³-hybridized carbons (Fsp3) is 0.733. The fourth-order valence-corrected chi connectivity index (χ4v) is 7.31. The summed E-state index contributed by atoms with van der Waals surface area (Å²) in [6.07, 6.45) is 14.8. The quantitative estimate of drug-likeness (QED) is 0.579. The Bertz CT molecular complexity index is 874. The Morgan fingerprint density at radius 2 is 1.54 bits per heavy atom. The lowest BCUT2D eigenvalue weighted by molar-refractivity contribution is 0.0517. The maximum Gasteiger partial charge on any atom is 0.0642 e. The highest BCUT2D eigenvalue weighted by molar-refractivity contribution is 5.80. The van der Waals surface area contributed by atoms with E-state index in [4.69, 9.17) is 9.47 Å². The number of morpholine rings is 1. The van der Waals surface area contributed by atoms with Crippen LogP contribution in [-0.2, 0) is 9.47 Å².